The first-order chi connectivity index (χ1) is 13.6. The van der Waals surface area contributed by atoms with Crippen molar-refractivity contribution < 1.29 is 9.18 Å². The van der Waals surface area contributed by atoms with Crippen LogP contribution in [0.4, 0.5) is 4.39 Å². The fourth-order valence-electron chi connectivity index (χ4n) is 2.54. The quantitative estimate of drug-likeness (QED) is 0.496. The van der Waals surface area contributed by atoms with Crippen LogP contribution in [0.2, 0.25) is 5.02 Å². The number of aromatic nitrogens is 3. The Hall–Kier alpha value is -2.20. The van der Waals surface area contributed by atoms with Crippen molar-refractivity contribution in [2.24, 2.45) is 5.41 Å². The maximum absolute atomic E-state index is 14.3. The zero-order chi connectivity index (χ0) is 21.3. The van der Waals surface area contributed by atoms with E-state index in [1.807, 2.05) is 24.3 Å². The monoisotopic (exact) mass is 528 g/mol. The highest BCUT2D eigenvalue weighted by Gasteiger charge is 2.22. The molecule has 29 heavy (non-hydrogen) atoms. The first-order valence-corrected chi connectivity index (χ1v) is 10.2. The minimum atomic E-state index is -0.604. The molecule has 1 amide bonds. The van der Waals surface area contributed by atoms with Gasteiger partial charge in [0.25, 0.3) is 0 Å². The summed E-state index contributed by atoms with van der Waals surface area (Å²) in [6.07, 6.45) is 0. The number of rotatable bonds is 4. The van der Waals surface area contributed by atoms with Crippen LogP contribution in [0.3, 0.4) is 0 Å². The normalized spacial score (nSPS) is 11.5. The summed E-state index contributed by atoms with van der Waals surface area (Å²) in [5.74, 6) is -0.421. The Morgan fingerprint density at radius 1 is 1.28 bits per heavy atom. The summed E-state index contributed by atoms with van der Waals surface area (Å²) in [4.78, 5) is 27.2. The van der Waals surface area contributed by atoms with Crippen molar-refractivity contribution in [2.45, 2.75) is 27.3 Å². The summed E-state index contributed by atoms with van der Waals surface area (Å²) in [6.45, 7) is 5.26. The lowest BCUT2D eigenvalue weighted by Gasteiger charge is -2.18. The fraction of sp³-hybridized carbons (Fsp3) is 0.250. The molecule has 152 valence electrons. The molecule has 6 nitrogen and oxygen atoms in total. The van der Waals surface area contributed by atoms with Gasteiger partial charge in [0.1, 0.15) is 5.82 Å². The van der Waals surface area contributed by atoms with Gasteiger partial charge in [-0.25, -0.2) is 9.18 Å². The van der Waals surface area contributed by atoms with Crippen LogP contribution in [0.15, 0.2) is 41.2 Å². The van der Waals surface area contributed by atoms with Crippen LogP contribution in [0.25, 0.3) is 17.1 Å². The molecule has 2 N–H and O–H groups in total. The van der Waals surface area contributed by atoms with Crippen LogP contribution in [-0.2, 0) is 11.3 Å². The number of benzene rings is 2. The van der Waals surface area contributed by atoms with E-state index in [2.05, 4.69) is 38.0 Å². The number of aromatic amines is 1. The predicted molar refractivity (Wildman–Crippen MR) is 119 cm³/mol. The molecule has 0 unspecified atom stereocenters. The topological polar surface area (TPSA) is 79.8 Å². The highest BCUT2D eigenvalue weighted by molar-refractivity contribution is 14.1. The SMILES string of the molecule is CC(C)(C)C(=O)NCc1cc(-n2nc(-c3ccc(I)cc3)[nH]c2=O)c(Cl)cc1F. The van der Waals surface area contributed by atoms with Gasteiger partial charge < -0.3 is 5.32 Å². The standard InChI is InChI=1S/C20H19ClFIN4O2/c1-20(2,3)18(28)24-10-12-8-16(14(21)9-15(12)22)27-19(29)25-17(26-27)11-4-6-13(23)7-5-11/h4-9H,10H2,1-3H3,(H,24,28)(H,25,26,29). The van der Waals surface area contributed by atoms with E-state index >= 15 is 0 Å². The van der Waals surface area contributed by atoms with Crippen molar-refractivity contribution in [3.8, 4) is 17.1 Å². The van der Waals surface area contributed by atoms with Crippen LogP contribution in [0.5, 0.6) is 0 Å². The molecular formula is C20H19ClFIN4O2. The maximum Gasteiger partial charge on any atom is 0.348 e. The fourth-order valence-corrected chi connectivity index (χ4v) is 3.13. The number of halogens is 3. The minimum absolute atomic E-state index is 0.0325. The lowest BCUT2D eigenvalue weighted by molar-refractivity contribution is -0.128. The molecule has 0 fully saturated rings. The van der Waals surface area contributed by atoms with Gasteiger partial charge in [0.2, 0.25) is 5.91 Å². The van der Waals surface area contributed by atoms with Crippen molar-refractivity contribution in [1.29, 1.82) is 0 Å². The van der Waals surface area contributed by atoms with Crippen LogP contribution < -0.4 is 11.0 Å². The molecule has 0 aliphatic heterocycles. The molecule has 3 rings (SSSR count). The van der Waals surface area contributed by atoms with E-state index in [4.69, 9.17) is 11.6 Å². The lowest BCUT2D eigenvalue weighted by Crippen LogP contribution is -2.34. The Bertz CT molecular complexity index is 1120. The average molecular weight is 529 g/mol. The number of carbonyl (C=O) groups is 1. The summed E-state index contributed by atoms with van der Waals surface area (Å²) >= 11 is 8.36. The van der Waals surface area contributed by atoms with Gasteiger partial charge in [0, 0.05) is 26.7 Å². The second kappa shape index (κ2) is 8.27. The van der Waals surface area contributed by atoms with Crippen molar-refractivity contribution in [1.82, 2.24) is 20.1 Å². The van der Waals surface area contributed by atoms with E-state index in [1.54, 1.807) is 20.8 Å². The smallest absolute Gasteiger partial charge is 0.348 e. The largest absolute Gasteiger partial charge is 0.351 e. The van der Waals surface area contributed by atoms with Gasteiger partial charge in [0.15, 0.2) is 5.82 Å². The highest BCUT2D eigenvalue weighted by Crippen LogP contribution is 2.24. The third-order valence-corrected chi connectivity index (χ3v) is 5.22. The highest BCUT2D eigenvalue weighted by atomic mass is 127. The number of hydrogen-bond donors (Lipinski definition) is 2. The number of carbonyl (C=O) groups excluding carboxylic acids is 1. The summed E-state index contributed by atoms with van der Waals surface area (Å²) in [5.41, 5.74) is 0.0560. The van der Waals surface area contributed by atoms with Gasteiger partial charge in [-0.05, 0) is 46.9 Å². The molecule has 0 bridgehead atoms. The first-order valence-electron chi connectivity index (χ1n) is 8.78. The van der Waals surface area contributed by atoms with E-state index in [9.17, 15) is 14.0 Å². The Morgan fingerprint density at radius 2 is 1.93 bits per heavy atom. The number of nitrogens with one attached hydrogen (secondary N) is 2. The molecule has 2 aromatic carbocycles. The summed E-state index contributed by atoms with van der Waals surface area (Å²) < 4.78 is 16.5. The maximum atomic E-state index is 14.3. The number of nitrogens with zero attached hydrogens (tertiary/aromatic N) is 2. The van der Waals surface area contributed by atoms with Crippen LogP contribution in [0.1, 0.15) is 26.3 Å². The van der Waals surface area contributed by atoms with Crippen LogP contribution in [-0.4, -0.2) is 20.7 Å². The Balaban J connectivity index is 1.96. The molecule has 0 radical (unpaired) electrons. The van der Waals surface area contributed by atoms with Crippen molar-refractivity contribution in [3.63, 3.8) is 0 Å². The second-order valence-corrected chi connectivity index (χ2v) is 9.18. The van der Waals surface area contributed by atoms with Gasteiger partial charge in [-0.15, -0.1) is 5.10 Å². The third-order valence-electron chi connectivity index (χ3n) is 4.20. The van der Waals surface area contributed by atoms with E-state index in [0.29, 0.717) is 5.82 Å². The van der Waals surface area contributed by atoms with E-state index in [-0.39, 0.29) is 28.7 Å². The first kappa shape index (κ1) is 21.5. The van der Waals surface area contributed by atoms with Gasteiger partial charge in [0.05, 0.1) is 10.7 Å². The molecule has 3 aromatic rings. The average Bonchev–Trinajstić information content (AvgIpc) is 3.02. The molecule has 0 atom stereocenters. The number of amides is 1. The molecular weight excluding hydrogens is 510 g/mol. The minimum Gasteiger partial charge on any atom is -0.351 e. The molecule has 0 aliphatic rings. The molecule has 9 heteroatoms. The summed E-state index contributed by atoms with van der Waals surface area (Å²) in [5, 5.41) is 7.03. The zero-order valence-corrected chi connectivity index (χ0v) is 18.9. The molecule has 0 saturated carbocycles. The Kier molecular flexibility index (Phi) is 6.13. The van der Waals surface area contributed by atoms with E-state index < -0.39 is 16.9 Å². The zero-order valence-electron chi connectivity index (χ0n) is 16.0. The number of H-pyrrole nitrogens is 1. The third kappa shape index (κ3) is 4.87. The summed E-state index contributed by atoms with van der Waals surface area (Å²) in [6, 6.07) is 10.00. The summed E-state index contributed by atoms with van der Waals surface area (Å²) in [7, 11) is 0. The van der Waals surface area contributed by atoms with Gasteiger partial charge in [-0.1, -0.05) is 44.5 Å². The van der Waals surface area contributed by atoms with Gasteiger partial charge in [-0.3, -0.25) is 9.78 Å². The van der Waals surface area contributed by atoms with Crippen LogP contribution >= 0.6 is 34.2 Å². The number of hydrogen-bond acceptors (Lipinski definition) is 3. The Morgan fingerprint density at radius 3 is 2.55 bits per heavy atom. The molecule has 0 spiro atoms. The van der Waals surface area contributed by atoms with E-state index in [0.717, 1.165) is 19.9 Å². The molecule has 1 aromatic heterocycles. The molecule has 0 aliphatic carbocycles. The van der Waals surface area contributed by atoms with E-state index in [1.165, 1.54) is 6.07 Å². The van der Waals surface area contributed by atoms with Crippen molar-refractivity contribution in [3.05, 3.63) is 66.9 Å². The molecule has 1 heterocycles. The van der Waals surface area contributed by atoms with Gasteiger partial charge >= 0.3 is 5.69 Å². The lowest BCUT2D eigenvalue weighted by atomic mass is 9.95. The Labute approximate surface area is 185 Å². The van der Waals surface area contributed by atoms with Crippen LogP contribution in [0, 0.1) is 14.8 Å². The van der Waals surface area contributed by atoms with Crippen molar-refractivity contribution >= 4 is 40.1 Å². The van der Waals surface area contributed by atoms with Crippen molar-refractivity contribution in [2.75, 3.05) is 0 Å². The molecule has 0 saturated heterocycles. The second-order valence-electron chi connectivity index (χ2n) is 7.53. The predicted octanol–water partition coefficient (Wildman–Crippen LogP) is 4.29. The van der Waals surface area contributed by atoms with Gasteiger partial charge in [-0.2, -0.15) is 4.68 Å².